The van der Waals surface area contributed by atoms with Gasteiger partial charge in [-0.25, -0.2) is 4.79 Å². The highest BCUT2D eigenvalue weighted by molar-refractivity contribution is 5.79. The molecule has 0 radical (unpaired) electrons. The maximum absolute atomic E-state index is 11.1. The molecule has 2 rings (SSSR count). The highest BCUT2D eigenvalue weighted by Crippen LogP contribution is 2.30. The zero-order valence-electron chi connectivity index (χ0n) is 9.94. The lowest BCUT2D eigenvalue weighted by molar-refractivity contribution is -0.385. The molecule has 0 unspecified atom stereocenters. The van der Waals surface area contributed by atoms with Crippen molar-refractivity contribution in [1.82, 2.24) is 0 Å². The summed E-state index contributed by atoms with van der Waals surface area (Å²) < 4.78 is 0. The summed E-state index contributed by atoms with van der Waals surface area (Å²) in [4.78, 5) is 23.0. The molecule has 1 aliphatic heterocycles. The van der Waals surface area contributed by atoms with Crippen LogP contribution in [0.5, 0.6) is 0 Å². The van der Waals surface area contributed by atoms with Gasteiger partial charge in [-0.3, -0.25) is 10.1 Å². The van der Waals surface area contributed by atoms with Crippen LogP contribution in [0.15, 0.2) is 18.2 Å². The first-order chi connectivity index (χ1) is 9.04. The van der Waals surface area contributed by atoms with Crippen LogP contribution in [-0.4, -0.2) is 28.6 Å². The summed E-state index contributed by atoms with van der Waals surface area (Å²) >= 11 is 0. The van der Waals surface area contributed by atoms with E-state index in [0.29, 0.717) is 18.7 Å². The van der Waals surface area contributed by atoms with Gasteiger partial charge in [0.05, 0.1) is 4.92 Å². The monoisotopic (exact) mass is 261 g/mol. The van der Waals surface area contributed by atoms with Crippen molar-refractivity contribution >= 4 is 17.3 Å². The first kappa shape index (κ1) is 12.8. The molecule has 1 saturated heterocycles. The summed E-state index contributed by atoms with van der Waals surface area (Å²) in [5, 5.41) is 28.8. The molecule has 0 bridgehead atoms. The summed E-state index contributed by atoms with van der Waals surface area (Å²) in [5.41, 5.74) is 0.145. The van der Waals surface area contributed by atoms with Gasteiger partial charge in [0.2, 0.25) is 0 Å². The average molecular weight is 261 g/mol. The smallest absolute Gasteiger partial charge is 0.326 e. The molecule has 1 aliphatic rings. The molecule has 0 saturated carbocycles. The number of carbonyl (C=O) groups is 1. The Hall–Kier alpha value is -2.62. The predicted molar refractivity (Wildman–Crippen MR) is 65.8 cm³/mol. The minimum atomic E-state index is -0.940. The number of nitriles is 1. The summed E-state index contributed by atoms with van der Waals surface area (Å²) in [6, 6.07) is 5.26. The van der Waals surface area contributed by atoms with Crippen molar-refractivity contribution in [2.24, 2.45) is 0 Å². The molecule has 0 aliphatic carbocycles. The third-order valence-corrected chi connectivity index (χ3v) is 3.17. The first-order valence-corrected chi connectivity index (χ1v) is 5.72. The van der Waals surface area contributed by atoms with Gasteiger partial charge in [-0.2, -0.15) is 5.26 Å². The Bertz CT molecular complexity index is 579. The number of hydrogen-bond donors (Lipinski definition) is 1. The maximum atomic E-state index is 11.1. The van der Waals surface area contributed by atoms with Gasteiger partial charge in [0.25, 0.3) is 5.69 Å². The molecule has 1 N–H and O–H groups in total. The van der Waals surface area contributed by atoms with E-state index in [1.807, 2.05) is 0 Å². The summed E-state index contributed by atoms with van der Waals surface area (Å²) in [6.45, 7) is 0.542. The Morgan fingerprint density at radius 1 is 1.58 bits per heavy atom. The summed E-state index contributed by atoms with van der Waals surface area (Å²) in [6.07, 6.45) is 1.24. The minimum Gasteiger partial charge on any atom is -0.480 e. The van der Waals surface area contributed by atoms with E-state index in [4.69, 9.17) is 10.4 Å². The van der Waals surface area contributed by atoms with Crippen LogP contribution in [0.25, 0.3) is 0 Å². The van der Waals surface area contributed by atoms with Gasteiger partial charge in [0, 0.05) is 18.3 Å². The van der Waals surface area contributed by atoms with E-state index in [-0.39, 0.29) is 11.3 Å². The number of benzene rings is 1. The number of nitro benzene ring substituents is 1. The lowest BCUT2D eigenvalue weighted by Crippen LogP contribution is -2.35. The van der Waals surface area contributed by atoms with Crippen LogP contribution in [0, 0.1) is 21.4 Å². The van der Waals surface area contributed by atoms with Gasteiger partial charge < -0.3 is 10.0 Å². The Morgan fingerprint density at radius 2 is 2.32 bits per heavy atom. The van der Waals surface area contributed by atoms with Crippen molar-refractivity contribution in [1.29, 1.82) is 5.26 Å². The van der Waals surface area contributed by atoms with Crippen LogP contribution in [-0.2, 0) is 4.79 Å². The van der Waals surface area contributed by atoms with Gasteiger partial charge in [0.15, 0.2) is 0 Å². The lowest BCUT2D eigenvalue weighted by Gasteiger charge is -2.23. The number of nitrogens with zero attached hydrogens (tertiary/aromatic N) is 3. The molecule has 1 aromatic carbocycles. The zero-order valence-corrected chi connectivity index (χ0v) is 9.94. The molecule has 0 spiro atoms. The largest absolute Gasteiger partial charge is 0.480 e. The molecule has 0 amide bonds. The first-order valence-electron chi connectivity index (χ1n) is 5.72. The molecule has 19 heavy (non-hydrogen) atoms. The van der Waals surface area contributed by atoms with Crippen LogP contribution < -0.4 is 4.90 Å². The minimum absolute atomic E-state index is 0.0279. The number of hydrogen-bond acceptors (Lipinski definition) is 5. The van der Waals surface area contributed by atoms with Crippen molar-refractivity contribution in [2.75, 3.05) is 11.4 Å². The van der Waals surface area contributed by atoms with Crippen molar-refractivity contribution < 1.29 is 14.8 Å². The second-order valence-electron chi connectivity index (χ2n) is 4.26. The van der Waals surface area contributed by atoms with E-state index in [1.54, 1.807) is 17.0 Å². The van der Waals surface area contributed by atoms with Gasteiger partial charge in [-0.05, 0) is 25.0 Å². The second kappa shape index (κ2) is 4.94. The molecule has 98 valence electrons. The van der Waals surface area contributed by atoms with E-state index >= 15 is 0 Å². The Labute approximate surface area is 108 Å². The van der Waals surface area contributed by atoms with E-state index < -0.39 is 16.9 Å². The van der Waals surface area contributed by atoms with Crippen LogP contribution in [0.1, 0.15) is 18.4 Å². The predicted octanol–water partition coefficient (Wildman–Crippen LogP) is 1.52. The van der Waals surface area contributed by atoms with Gasteiger partial charge in [-0.15, -0.1) is 0 Å². The topological polar surface area (TPSA) is 107 Å². The fraction of sp³-hybridized carbons (Fsp3) is 0.333. The molecular formula is C12H11N3O4. The Morgan fingerprint density at radius 3 is 2.89 bits per heavy atom. The van der Waals surface area contributed by atoms with Crippen molar-refractivity contribution in [2.45, 2.75) is 18.9 Å². The van der Waals surface area contributed by atoms with Gasteiger partial charge in [-0.1, -0.05) is 0 Å². The number of carboxylic acids is 1. The van der Waals surface area contributed by atoms with Crippen LogP contribution in [0.3, 0.4) is 0 Å². The summed E-state index contributed by atoms with van der Waals surface area (Å²) in [7, 11) is 0. The number of carboxylic acid groups (broad SMARTS) is 1. The number of anilines is 1. The van der Waals surface area contributed by atoms with Gasteiger partial charge >= 0.3 is 5.97 Å². The molecule has 7 nitrogen and oxygen atoms in total. The zero-order chi connectivity index (χ0) is 14.0. The third-order valence-electron chi connectivity index (χ3n) is 3.17. The van der Waals surface area contributed by atoms with Crippen molar-refractivity contribution in [3.05, 3.63) is 33.9 Å². The highest BCUT2D eigenvalue weighted by Gasteiger charge is 2.31. The molecule has 1 heterocycles. The van der Waals surface area contributed by atoms with Crippen LogP contribution in [0.4, 0.5) is 11.4 Å². The molecule has 1 fully saturated rings. The van der Waals surface area contributed by atoms with E-state index in [2.05, 4.69) is 0 Å². The fourth-order valence-electron chi connectivity index (χ4n) is 2.28. The number of nitro groups is 1. The quantitative estimate of drug-likeness (QED) is 0.652. The van der Waals surface area contributed by atoms with E-state index in [1.165, 1.54) is 12.1 Å². The maximum Gasteiger partial charge on any atom is 0.326 e. The van der Waals surface area contributed by atoms with E-state index in [0.717, 1.165) is 6.42 Å². The second-order valence-corrected chi connectivity index (χ2v) is 4.26. The van der Waals surface area contributed by atoms with Crippen molar-refractivity contribution in [3.8, 4) is 6.07 Å². The standard InChI is InChI=1S/C12H11N3O4/c13-7-8-3-4-9(6-11(8)15(18)19)14-5-1-2-10(14)12(16)17/h3-4,6,10H,1-2,5H2,(H,16,17)/t10-/m1/s1. The van der Waals surface area contributed by atoms with E-state index in [9.17, 15) is 14.9 Å². The Balaban J connectivity index is 2.41. The third kappa shape index (κ3) is 2.33. The number of rotatable bonds is 3. The average Bonchev–Trinajstić information content (AvgIpc) is 2.87. The highest BCUT2D eigenvalue weighted by atomic mass is 16.6. The van der Waals surface area contributed by atoms with Crippen LogP contribution in [0.2, 0.25) is 0 Å². The molecular weight excluding hydrogens is 250 g/mol. The van der Waals surface area contributed by atoms with Crippen LogP contribution >= 0.6 is 0 Å². The molecule has 0 aromatic heterocycles. The molecule has 1 atom stereocenters. The normalized spacial score (nSPS) is 18.1. The van der Waals surface area contributed by atoms with Crippen molar-refractivity contribution in [3.63, 3.8) is 0 Å². The molecule has 1 aromatic rings. The summed E-state index contributed by atoms with van der Waals surface area (Å²) in [5.74, 6) is -0.940. The SMILES string of the molecule is N#Cc1ccc(N2CCC[C@@H]2C(=O)O)cc1[N+](=O)[O-]. The number of aliphatic carboxylic acids is 1. The van der Waals surface area contributed by atoms with Gasteiger partial charge in [0.1, 0.15) is 17.7 Å². The lowest BCUT2D eigenvalue weighted by atomic mass is 10.1. The fourth-order valence-corrected chi connectivity index (χ4v) is 2.28. The molecule has 7 heteroatoms. The Kier molecular flexibility index (Phi) is 3.33.